The minimum atomic E-state index is -0.844. The van der Waals surface area contributed by atoms with Crippen LogP contribution in [0.3, 0.4) is 0 Å². The van der Waals surface area contributed by atoms with Gasteiger partial charge in [-0.1, -0.05) is 249 Å². The minimum Gasteiger partial charge on any atom is -0.462 e. The van der Waals surface area contributed by atoms with E-state index < -0.39 is 12.1 Å². The highest BCUT2D eigenvalue weighted by Gasteiger charge is 2.19. The highest BCUT2D eigenvalue weighted by Crippen LogP contribution is 2.14. The van der Waals surface area contributed by atoms with E-state index in [1.54, 1.807) is 6.08 Å². The summed E-state index contributed by atoms with van der Waals surface area (Å²) in [7, 11) is 0. The lowest BCUT2D eigenvalue weighted by atomic mass is 10.1. The number of carbonyl (C=O) groups excluding carboxylic acids is 3. The van der Waals surface area contributed by atoms with Gasteiger partial charge < -0.3 is 14.2 Å². The van der Waals surface area contributed by atoms with Gasteiger partial charge in [-0.2, -0.15) is 0 Å². The molecule has 74 heavy (non-hydrogen) atoms. The molecule has 0 bridgehead atoms. The van der Waals surface area contributed by atoms with Crippen molar-refractivity contribution in [3.63, 3.8) is 0 Å². The third-order valence-corrected chi connectivity index (χ3v) is 11.8. The van der Waals surface area contributed by atoms with Gasteiger partial charge in [0.1, 0.15) is 13.2 Å². The Bertz CT molecular complexity index is 1690. The van der Waals surface area contributed by atoms with Crippen molar-refractivity contribution in [2.45, 2.75) is 239 Å². The van der Waals surface area contributed by atoms with E-state index in [0.29, 0.717) is 19.3 Å². The Balaban J connectivity index is 4.31. The molecule has 0 aliphatic heterocycles. The largest absolute Gasteiger partial charge is 0.462 e. The Kier molecular flexibility index (Phi) is 56.5. The fourth-order valence-electron chi connectivity index (χ4n) is 7.44. The van der Waals surface area contributed by atoms with Crippen LogP contribution in [0.2, 0.25) is 0 Å². The first kappa shape index (κ1) is 69.0. The van der Waals surface area contributed by atoms with Crippen molar-refractivity contribution >= 4 is 17.9 Å². The number of hydrogen-bond donors (Lipinski definition) is 0. The van der Waals surface area contributed by atoms with Crippen molar-refractivity contribution in [2.24, 2.45) is 0 Å². The minimum absolute atomic E-state index is 0.0873. The van der Waals surface area contributed by atoms with Gasteiger partial charge in [-0.25, -0.2) is 0 Å². The van der Waals surface area contributed by atoms with E-state index in [4.69, 9.17) is 14.2 Å². The van der Waals surface area contributed by atoms with Crippen LogP contribution in [-0.2, 0) is 28.6 Å². The Hall–Kier alpha value is -4.97. The van der Waals surface area contributed by atoms with Gasteiger partial charge >= 0.3 is 17.9 Å². The standard InChI is InChI=1S/C68H106O6/c1-4-7-10-13-16-19-22-24-26-27-28-29-30-31-32-33-34-35-36-37-38-39-40-41-43-44-46-49-52-55-58-61-67(70)73-64-65(63-72-66(69)60-57-54-51-48-21-18-15-12-9-6-3)74-68(71)62-59-56-53-50-47-45-42-25-23-20-17-14-11-8-5-2/h7-8,10-12,15-17,19-20,24-26,28-29,31-32,34-35,37-38,42,47,50,56,59,65H,4-6,9,13-14,18,21-23,27,30,33,36,39-41,43-46,48-49,51-55,57-58,60-64H2,1-3H3/b10-7-,11-8-,15-12-,19-16-,20-17-,26-24-,29-28-,32-31-,35-34-,38-37-,42-25-,50-47-,59-56-. The molecule has 0 amide bonds. The van der Waals surface area contributed by atoms with Crippen LogP contribution in [0.1, 0.15) is 233 Å². The maximum atomic E-state index is 12.8. The molecular formula is C68H106O6. The summed E-state index contributed by atoms with van der Waals surface area (Å²) in [6.07, 6.45) is 88.5. The summed E-state index contributed by atoms with van der Waals surface area (Å²) in [4.78, 5) is 38.0. The summed E-state index contributed by atoms with van der Waals surface area (Å²) in [5.41, 5.74) is 0. The lowest BCUT2D eigenvalue weighted by Crippen LogP contribution is -2.30. The van der Waals surface area contributed by atoms with Gasteiger partial charge in [-0.05, 0) is 122 Å². The molecule has 0 spiro atoms. The number of ether oxygens (including phenoxy) is 3. The summed E-state index contributed by atoms with van der Waals surface area (Å²) in [5, 5.41) is 0. The van der Waals surface area contributed by atoms with Crippen LogP contribution in [-0.4, -0.2) is 37.2 Å². The molecule has 0 aliphatic rings. The van der Waals surface area contributed by atoms with Crippen molar-refractivity contribution < 1.29 is 28.6 Å². The molecule has 1 unspecified atom stereocenters. The number of esters is 3. The molecule has 0 rings (SSSR count). The zero-order chi connectivity index (χ0) is 53.6. The Morgan fingerprint density at radius 1 is 0.297 bits per heavy atom. The molecule has 6 nitrogen and oxygen atoms in total. The molecule has 0 fully saturated rings. The lowest BCUT2D eigenvalue weighted by Gasteiger charge is -2.18. The Labute approximate surface area is 454 Å². The second-order valence-corrected chi connectivity index (χ2v) is 18.8. The number of hydrogen-bond acceptors (Lipinski definition) is 6. The molecule has 6 heteroatoms. The number of rotatable bonds is 51. The molecule has 414 valence electrons. The van der Waals surface area contributed by atoms with Crippen molar-refractivity contribution in [1.82, 2.24) is 0 Å². The third-order valence-electron chi connectivity index (χ3n) is 11.8. The summed E-state index contributed by atoms with van der Waals surface area (Å²) >= 11 is 0. The second kappa shape index (κ2) is 60.6. The maximum Gasteiger partial charge on any atom is 0.310 e. The van der Waals surface area contributed by atoms with Crippen LogP contribution in [0.5, 0.6) is 0 Å². The first-order valence-corrected chi connectivity index (χ1v) is 29.5. The van der Waals surface area contributed by atoms with Crippen LogP contribution in [0.25, 0.3) is 0 Å². The fourth-order valence-corrected chi connectivity index (χ4v) is 7.44. The smallest absolute Gasteiger partial charge is 0.310 e. The van der Waals surface area contributed by atoms with Crippen LogP contribution in [0, 0.1) is 0 Å². The van der Waals surface area contributed by atoms with E-state index >= 15 is 0 Å². The Morgan fingerprint density at radius 3 is 0.905 bits per heavy atom. The Morgan fingerprint density at radius 2 is 0.568 bits per heavy atom. The molecule has 0 saturated heterocycles. The molecule has 0 aromatic carbocycles. The molecule has 0 radical (unpaired) electrons. The van der Waals surface area contributed by atoms with E-state index in [0.717, 1.165) is 135 Å². The topological polar surface area (TPSA) is 78.9 Å². The van der Waals surface area contributed by atoms with Gasteiger partial charge in [0.2, 0.25) is 0 Å². The van der Waals surface area contributed by atoms with E-state index in [-0.39, 0.29) is 31.6 Å². The lowest BCUT2D eigenvalue weighted by molar-refractivity contribution is -0.166. The number of carbonyl (C=O) groups is 3. The fraction of sp³-hybridized carbons (Fsp3) is 0.574. The van der Waals surface area contributed by atoms with Crippen molar-refractivity contribution in [3.05, 3.63) is 158 Å². The third kappa shape index (κ3) is 57.9. The molecule has 0 aromatic rings. The highest BCUT2D eigenvalue weighted by atomic mass is 16.6. The van der Waals surface area contributed by atoms with E-state index in [1.807, 2.05) is 6.08 Å². The van der Waals surface area contributed by atoms with Gasteiger partial charge in [0.15, 0.2) is 6.10 Å². The monoisotopic (exact) mass is 1020 g/mol. The predicted molar refractivity (Wildman–Crippen MR) is 320 cm³/mol. The summed E-state index contributed by atoms with van der Waals surface area (Å²) in [6.45, 7) is 6.23. The van der Waals surface area contributed by atoms with Crippen LogP contribution < -0.4 is 0 Å². The van der Waals surface area contributed by atoms with Gasteiger partial charge in [0.25, 0.3) is 0 Å². The average molecular weight is 1020 g/mol. The van der Waals surface area contributed by atoms with Gasteiger partial charge in [0.05, 0.1) is 6.42 Å². The first-order valence-electron chi connectivity index (χ1n) is 29.5. The molecule has 0 saturated carbocycles. The normalized spacial score (nSPS) is 13.3. The molecule has 0 aliphatic carbocycles. The van der Waals surface area contributed by atoms with E-state index in [9.17, 15) is 14.4 Å². The van der Waals surface area contributed by atoms with Gasteiger partial charge in [-0.15, -0.1) is 0 Å². The molecule has 0 aromatic heterocycles. The SMILES string of the molecule is CC/C=C\C/C=C\C/C=C\C/C=C\C/C=C\C/C=C\C/C=C\CCCCCCCCCCCC(=O)OCC(COC(=O)CCCCCCC/C=C\CCC)OC(=O)C/C=C\C/C=C\C/C=C\C/C=C\C/C=C\CC. The second-order valence-electron chi connectivity index (χ2n) is 18.8. The maximum absolute atomic E-state index is 12.8. The zero-order valence-corrected chi connectivity index (χ0v) is 47.3. The summed E-state index contributed by atoms with van der Waals surface area (Å²) < 4.78 is 16.7. The van der Waals surface area contributed by atoms with Gasteiger partial charge in [-0.3, -0.25) is 14.4 Å². The molecular weight excluding hydrogens is 913 g/mol. The molecule has 0 heterocycles. The number of unbranched alkanes of at least 4 members (excludes halogenated alkanes) is 15. The highest BCUT2D eigenvalue weighted by molar-refractivity contribution is 5.72. The van der Waals surface area contributed by atoms with Crippen LogP contribution in [0.4, 0.5) is 0 Å². The molecule has 0 N–H and O–H groups in total. The summed E-state index contributed by atoms with van der Waals surface area (Å²) in [6, 6.07) is 0. The number of allylic oxidation sites excluding steroid dienone is 25. The van der Waals surface area contributed by atoms with Gasteiger partial charge in [0, 0.05) is 12.8 Å². The predicted octanol–water partition coefficient (Wildman–Crippen LogP) is 20.1. The summed E-state index contributed by atoms with van der Waals surface area (Å²) in [5.74, 6) is -1.08. The van der Waals surface area contributed by atoms with Crippen molar-refractivity contribution in [1.29, 1.82) is 0 Å². The van der Waals surface area contributed by atoms with Crippen molar-refractivity contribution in [3.8, 4) is 0 Å². The van der Waals surface area contributed by atoms with Crippen molar-refractivity contribution in [2.75, 3.05) is 13.2 Å². The quantitative estimate of drug-likeness (QED) is 0.0261. The first-order chi connectivity index (χ1) is 36.5. The molecule has 1 atom stereocenters. The van der Waals surface area contributed by atoms with E-state index in [2.05, 4.69) is 167 Å². The zero-order valence-electron chi connectivity index (χ0n) is 47.3. The van der Waals surface area contributed by atoms with E-state index in [1.165, 1.54) is 51.4 Å². The van der Waals surface area contributed by atoms with Crippen LogP contribution >= 0.6 is 0 Å². The average Bonchev–Trinajstić information content (AvgIpc) is 3.40. The van der Waals surface area contributed by atoms with Crippen LogP contribution in [0.15, 0.2) is 158 Å².